The van der Waals surface area contributed by atoms with Gasteiger partial charge in [-0.3, -0.25) is 4.79 Å². The monoisotopic (exact) mass is 280 g/mol. The number of rotatable bonds is 3. The van der Waals surface area contributed by atoms with Gasteiger partial charge in [-0.05, 0) is 43.9 Å². The van der Waals surface area contributed by atoms with Crippen LogP contribution in [0.15, 0.2) is 18.2 Å². The number of nitrogen functional groups attached to an aromatic ring is 1. The van der Waals surface area contributed by atoms with Gasteiger partial charge in [-0.2, -0.15) is 0 Å². The average molecular weight is 281 g/mol. The Kier molecular flexibility index (Phi) is 4.70. The fourth-order valence-electron chi connectivity index (χ4n) is 2.75. The minimum atomic E-state index is -0.129. The molecule has 0 heterocycles. The van der Waals surface area contributed by atoms with E-state index in [9.17, 15) is 4.79 Å². The van der Waals surface area contributed by atoms with Crippen molar-refractivity contribution in [2.24, 2.45) is 5.92 Å². The molecule has 1 aliphatic carbocycles. The molecule has 1 unspecified atom stereocenters. The van der Waals surface area contributed by atoms with Gasteiger partial charge in [0.25, 0.3) is 5.91 Å². The topological polar surface area (TPSA) is 55.1 Å². The lowest BCUT2D eigenvalue weighted by atomic mass is 9.84. The zero-order valence-corrected chi connectivity index (χ0v) is 12.0. The van der Waals surface area contributed by atoms with Crippen LogP contribution in [0, 0.1) is 5.92 Å². The van der Waals surface area contributed by atoms with Crippen LogP contribution in [0.2, 0.25) is 5.02 Å². The van der Waals surface area contributed by atoms with Gasteiger partial charge in [0.2, 0.25) is 0 Å². The van der Waals surface area contributed by atoms with E-state index in [4.69, 9.17) is 17.3 Å². The van der Waals surface area contributed by atoms with Crippen molar-refractivity contribution in [1.29, 1.82) is 0 Å². The predicted octanol–water partition coefficient (Wildman–Crippen LogP) is 3.62. The number of anilines is 1. The fraction of sp³-hybridized carbons (Fsp3) is 0.533. The SMILES string of the molecule is CC(NC(=O)c1cc(N)ccc1Cl)C1CCCCC1. The van der Waals surface area contributed by atoms with Gasteiger partial charge in [-0.1, -0.05) is 30.9 Å². The first kappa shape index (κ1) is 14.2. The second-order valence-electron chi connectivity index (χ2n) is 5.40. The molecule has 0 bridgehead atoms. The van der Waals surface area contributed by atoms with E-state index in [0.717, 1.165) is 0 Å². The number of hydrogen-bond donors (Lipinski definition) is 2. The summed E-state index contributed by atoms with van der Waals surface area (Å²) in [5.74, 6) is 0.452. The zero-order valence-electron chi connectivity index (χ0n) is 11.3. The highest BCUT2D eigenvalue weighted by molar-refractivity contribution is 6.34. The van der Waals surface area contributed by atoms with Gasteiger partial charge in [0, 0.05) is 11.7 Å². The van der Waals surface area contributed by atoms with E-state index in [1.165, 1.54) is 32.1 Å². The minimum absolute atomic E-state index is 0.129. The van der Waals surface area contributed by atoms with Gasteiger partial charge in [-0.25, -0.2) is 0 Å². The Balaban J connectivity index is 2.01. The number of nitrogens with one attached hydrogen (secondary N) is 1. The van der Waals surface area contributed by atoms with Crippen LogP contribution in [-0.4, -0.2) is 11.9 Å². The maximum atomic E-state index is 12.2. The van der Waals surface area contributed by atoms with Crippen molar-refractivity contribution in [3.05, 3.63) is 28.8 Å². The number of amides is 1. The summed E-state index contributed by atoms with van der Waals surface area (Å²) in [4.78, 5) is 12.2. The molecule has 1 aromatic rings. The Labute approximate surface area is 119 Å². The van der Waals surface area contributed by atoms with Gasteiger partial charge < -0.3 is 11.1 Å². The summed E-state index contributed by atoms with van der Waals surface area (Å²) in [6.07, 6.45) is 6.25. The van der Waals surface area contributed by atoms with Crippen LogP contribution in [-0.2, 0) is 0 Å². The highest BCUT2D eigenvalue weighted by Gasteiger charge is 2.22. The number of benzene rings is 1. The standard InChI is InChI=1S/C15H21ClN2O/c1-10(11-5-3-2-4-6-11)18-15(19)13-9-12(17)7-8-14(13)16/h7-11H,2-6,17H2,1H3,(H,18,19). The highest BCUT2D eigenvalue weighted by Crippen LogP contribution is 2.27. The number of carbonyl (C=O) groups excluding carboxylic acids is 1. The van der Waals surface area contributed by atoms with Crippen LogP contribution in [0.5, 0.6) is 0 Å². The molecule has 1 atom stereocenters. The van der Waals surface area contributed by atoms with Gasteiger partial charge in [0.15, 0.2) is 0 Å². The van der Waals surface area contributed by atoms with Gasteiger partial charge in [0.05, 0.1) is 10.6 Å². The van der Waals surface area contributed by atoms with Crippen LogP contribution in [0.3, 0.4) is 0 Å². The van der Waals surface area contributed by atoms with Crippen molar-refractivity contribution in [2.75, 3.05) is 5.73 Å². The average Bonchev–Trinajstić information content (AvgIpc) is 2.42. The smallest absolute Gasteiger partial charge is 0.253 e. The zero-order chi connectivity index (χ0) is 13.8. The van der Waals surface area contributed by atoms with E-state index in [2.05, 4.69) is 12.2 Å². The molecule has 0 aliphatic heterocycles. The van der Waals surface area contributed by atoms with Crippen molar-refractivity contribution in [3.63, 3.8) is 0 Å². The molecular formula is C15H21ClN2O. The second-order valence-corrected chi connectivity index (χ2v) is 5.81. The van der Waals surface area contributed by atoms with Crippen LogP contribution >= 0.6 is 11.6 Å². The third kappa shape index (κ3) is 3.63. The lowest BCUT2D eigenvalue weighted by Gasteiger charge is -2.28. The summed E-state index contributed by atoms with van der Waals surface area (Å²) >= 11 is 6.04. The van der Waals surface area contributed by atoms with E-state index in [-0.39, 0.29) is 11.9 Å². The summed E-state index contributed by atoms with van der Waals surface area (Å²) in [5.41, 5.74) is 6.72. The van der Waals surface area contributed by atoms with Gasteiger partial charge in [-0.15, -0.1) is 0 Å². The first-order valence-electron chi connectivity index (χ1n) is 6.94. The van der Waals surface area contributed by atoms with Crippen molar-refractivity contribution in [3.8, 4) is 0 Å². The molecule has 3 nitrogen and oxygen atoms in total. The van der Waals surface area contributed by atoms with E-state index >= 15 is 0 Å². The summed E-state index contributed by atoms with van der Waals surface area (Å²) in [7, 11) is 0. The van der Waals surface area contributed by atoms with E-state index in [1.807, 2.05) is 0 Å². The summed E-state index contributed by atoms with van der Waals surface area (Å²) in [5, 5.41) is 3.50. The summed E-state index contributed by atoms with van der Waals surface area (Å²) in [6.45, 7) is 2.08. The molecule has 19 heavy (non-hydrogen) atoms. The van der Waals surface area contributed by atoms with Crippen LogP contribution in [0.4, 0.5) is 5.69 Å². The normalized spacial score (nSPS) is 18.0. The Morgan fingerprint density at radius 2 is 2.05 bits per heavy atom. The molecule has 1 aromatic carbocycles. The molecule has 1 aliphatic rings. The molecule has 3 N–H and O–H groups in total. The Morgan fingerprint density at radius 1 is 1.37 bits per heavy atom. The molecule has 0 radical (unpaired) electrons. The summed E-state index contributed by atoms with van der Waals surface area (Å²) in [6, 6.07) is 5.18. The molecular weight excluding hydrogens is 260 g/mol. The number of carbonyl (C=O) groups is 1. The van der Waals surface area contributed by atoms with Crippen molar-refractivity contribution < 1.29 is 4.79 Å². The molecule has 0 saturated heterocycles. The highest BCUT2D eigenvalue weighted by atomic mass is 35.5. The molecule has 104 valence electrons. The first-order chi connectivity index (χ1) is 9.08. The molecule has 1 saturated carbocycles. The summed E-state index contributed by atoms with van der Waals surface area (Å²) < 4.78 is 0. The molecule has 0 spiro atoms. The van der Waals surface area contributed by atoms with E-state index in [1.54, 1.807) is 18.2 Å². The maximum Gasteiger partial charge on any atom is 0.253 e. The third-order valence-electron chi connectivity index (χ3n) is 3.95. The van der Waals surface area contributed by atoms with Crippen LogP contribution in [0.1, 0.15) is 49.4 Å². The molecule has 0 aromatic heterocycles. The lowest BCUT2D eigenvalue weighted by molar-refractivity contribution is 0.0919. The van der Waals surface area contributed by atoms with E-state index < -0.39 is 0 Å². The Morgan fingerprint density at radius 3 is 2.74 bits per heavy atom. The van der Waals surface area contributed by atoms with Crippen molar-refractivity contribution >= 4 is 23.2 Å². The minimum Gasteiger partial charge on any atom is -0.399 e. The van der Waals surface area contributed by atoms with Crippen molar-refractivity contribution in [2.45, 2.75) is 45.1 Å². The first-order valence-corrected chi connectivity index (χ1v) is 7.31. The quantitative estimate of drug-likeness (QED) is 0.831. The van der Waals surface area contributed by atoms with Crippen molar-refractivity contribution in [1.82, 2.24) is 5.32 Å². The lowest BCUT2D eigenvalue weighted by Crippen LogP contribution is -2.39. The molecule has 1 fully saturated rings. The largest absolute Gasteiger partial charge is 0.399 e. The fourth-order valence-corrected chi connectivity index (χ4v) is 2.96. The number of halogens is 1. The molecule has 4 heteroatoms. The third-order valence-corrected chi connectivity index (χ3v) is 4.28. The Bertz CT molecular complexity index is 455. The Hall–Kier alpha value is -1.22. The number of nitrogens with two attached hydrogens (primary N) is 1. The van der Waals surface area contributed by atoms with Crippen LogP contribution in [0.25, 0.3) is 0 Å². The second kappa shape index (κ2) is 6.29. The molecule has 1 amide bonds. The van der Waals surface area contributed by atoms with E-state index in [0.29, 0.717) is 22.2 Å². The molecule has 2 rings (SSSR count). The van der Waals surface area contributed by atoms with Gasteiger partial charge >= 0.3 is 0 Å². The number of hydrogen-bond acceptors (Lipinski definition) is 2. The predicted molar refractivity (Wildman–Crippen MR) is 79.4 cm³/mol. The maximum absolute atomic E-state index is 12.2. The van der Waals surface area contributed by atoms with Crippen LogP contribution < -0.4 is 11.1 Å². The van der Waals surface area contributed by atoms with Gasteiger partial charge in [0.1, 0.15) is 0 Å².